The second kappa shape index (κ2) is 14.4. The number of rotatable bonds is 9. The van der Waals surface area contributed by atoms with Crippen LogP contribution in [0, 0.1) is 0 Å². The molecule has 2 N–H and O–H groups in total. The van der Waals surface area contributed by atoms with Crippen LogP contribution in [-0.2, 0) is 22.6 Å². The van der Waals surface area contributed by atoms with Crippen molar-refractivity contribution in [2.45, 2.75) is 32.0 Å². The van der Waals surface area contributed by atoms with Crippen LogP contribution in [0.15, 0.2) is 60.7 Å². The molecule has 0 aliphatic carbocycles. The topological polar surface area (TPSA) is 58.8 Å². The zero-order valence-electron chi connectivity index (χ0n) is 17.3. The molecule has 1 unspecified atom stereocenters. The Kier molecular flexibility index (Phi) is 12.7. The van der Waals surface area contributed by atoms with Gasteiger partial charge in [0.1, 0.15) is 0 Å². The van der Waals surface area contributed by atoms with Gasteiger partial charge in [-0.2, -0.15) is 0 Å². The van der Waals surface area contributed by atoms with Crippen molar-refractivity contribution in [3.05, 3.63) is 71.8 Å². The number of carbonyl (C=O) groups excluding carboxylic acids is 1. The van der Waals surface area contributed by atoms with Crippen molar-refractivity contribution in [1.29, 1.82) is 0 Å². The summed E-state index contributed by atoms with van der Waals surface area (Å²) in [4.78, 5) is 17.3. The van der Waals surface area contributed by atoms with E-state index < -0.39 is 0 Å². The number of halogens is 2. The number of ether oxygens (including phenoxy) is 1. The summed E-state index contributed by atoms with van der Waals surface area (Å²) in [7, 11) is 0. The predicted octanol–water partition coefficient (Wildman–Crippen LogP) is 3.50. The summed E-state index contributed by atoms with van der Waals surface area (Å²) in [5.74, 6) is 0.142. The Hall–Kier alpha value is -1.63. The summed E-state index contributed by atoms with van der Waals surface area (Å²) < 4.78 is 5.91. The van der Waals surface area contributed by atoms with Gasteiger partial charge >= 0.3 is 0 Å². The minimum absolute atomic E-state index is 0. The Morgan fingerprint density at radius 3 is 2.30 bits per heavy atom. The van der Waals surface area contributed by atoms with E-state index in [-0.39, 0.29) is 36.8 Å². The lowest BCUT2D eigenvalue weighted by atomic mass is 10.1. The maximum atomic E-state index is 13.0. The van der Waals surface area contributed by atoms with Crippen molar-refractivity contribution in [3.63, 3.8) is 0 Å². The lowest BCUT2D eigenvalue weighted by molar-refractivity contribution is -0.137. The van der Waals surface area contributed by atoms with E-state index in [1.807, 2.05) is 29.2 Å². The summed E-state index contributed by atoms with van der Waals surface area (Å²) in [5, 5.41) is 0. The van der Waals surface area contributed by atoms with Gasteiger partial charge in [0.25, 0.3) is 0 Å². The molecule has 7 heteroatoms. The summed E-state index contributed by atoms with van der Waals surface area (Å²) in [6, 6.07) is 20.6. The molecule has 1 aliphatic heterocycles. The maximum absolute atomic E-state index is 13.0. The number of benzene rings is 2. The predicted molar refractivity (Wildman–Crippen MR) is 126 cm³/mol. The Balaban J connectivity index is 0.00000225. The van der Waals surface area contributed by atoms with Crippen LogP contribution in [0.25, 0.3) is 0 Å². The molecule has 1 saturated heterocycles. The average molecular weight is 454 g/mol. The summed E-state index contributed by atoms with van der Waals surface area (Å²) in [6.07, 6.45) is 1.17. The zero-order chi connectivity index (χ0) is 19.6. The lowest BCUT2D eigenvalue weighted by Crippen LogP contribution is -2.44. The molecule has 2 aromatic rings. The van der Waals surface area contributed by atoms with Gasteiger partial charge in [-0.05, 0) is 24.1 Å². The highest BCUT2D eigenvalue weighted by Gasteiger charge is 2.25. The van der Waals surface area contributed by atoms with Crippen molar-refractivity contribution >= 4 is 30.7 Å². The number of nitrogens with zero attached hydrogens (tertiary/aromatic N) is 2. The molecule has 1 fully saturated rings. The molecule has 0 saturated carbocycles. The molecular formula is C23H33Cl2N3O2. The maximum Gasteiger partial charge on any atom is 0.225 e. The third-order valence-electron chi connectivity index (χ3n) is 5.08. The van der Waals surface area contributed by atoms with Crippen LogP contribution in [-0.4, -0.2) is 54.6 Å². The molecule has 2 aromatic carbocycles. The summed E-state index contributed by atoms with van der Waals surface area (Å²) in [6.45, 7) is 5.16. The van der Waals surface area contributed by atoms with Crippen molar-refractivity contribution < 1.29 is 9.53 Å². The molecule has 0 radical (unpaired) electrons. The van der Waals surface area contributed by atoms with Gasteiger partial charge < -0.3 is 15.4 Å². The number of carbonyl (C=O) groups is 1. The Morgan fingerprint density at radius 1 is 1.03 bits per heavy atom. The van der Waals surface area contributed by atoms with Crippen molar-refractivity contribution in [2.24, 2.45) is 5.73 Å². The lowest BCUT2D eigenvalue weighted by Gasteiger charge is -2.34. The highest BCUT2D eigenvalue weighted by molar-refractivity contribution is 5.85. The van der Waals surface area contributed by atoms with E-state index in [0.717, 1.165) is 31.6 Å². The standard InChI is InChI=1S/C23H31N3O2.2ClH/c24-12-7-13-26(18-21-10-5-2-6-11-21)23(27)16-22-19-25(14-15-28-22)17-20-8-3-1-4-9-20;;/h1-6,8-11,22H,7,12-19,24H2;2*1H. The van der Waals surface area contributed by atoms with Gasteiger partial charge in [-0.1, -0.05) is 60.7 Å². The van der Waals surface area contributed by atoms with Gasteiger partial charge in [-0.3, -0.25) is 9.69 Å². The Morgan fingerprint density at radius 2 is 1.67 bits per heavy atom. The first-order valence-electron chi connectivity index (χ1n) is 10.1. The van der Waals surface area contributed by atoms with E-state index in [1.165, 1.54) is 5.56 Å². The summed E-state index contributed by atoms with van der Waals surface area (Å²) in [5.41, 5.74) is 8.11. The third kappa shape index (κ3) is 8.62. The molecule has 0 spiro atoms. The molecular weight excluding hydrogens is 421 g/mol. The van der Waals surface area contributed by atoms with Gasteiger partial charge in [-0.25, -0.2) is 0 Å². The Labute approximate surface area is 192 Å². The zero-order valence-corrected chi connectivity index (χ0v) is 19.0. The number of amides is 1. The summed E-state index contributed by atoms with van der Waals surface area (Å²) >= 11 is 0. The normalized spacial score (nSPS) is 16.2. The highest BCUT2D eigenvalue weighted by atomic mass is 35.5. The largest absolute Gasteiger partial charge is 0.375 e. The van der Waals surface area contributed by atoms with Gasteiger partial charge in [0, 0.05) is 32.7 Å². The first-order chi connectivity index (χ1) is 13.7. The van der Waals surface area contributed by atoms with Gasteiger partial charge in [0.15, 0.2) is 0 Å². The molecule has 0 aromatic heterocycles. The third-order valence-corrected chi connectivity index (χ3v) is 5.08. The van der Waals surface area contributed by atoms with E-state index >= 15 is 0 Å². The van der Waals surface area contributed by atoms with Crippen LogP contribution >= 0.6 is 24.8 Å². The van der Waals surface area contributed by atoms with E-state index in [9.17, 15) is 4.79 Å². The number of nitrogens with two attached hydrogens (primary N) is 1. The molecule has 0 bridgehead atoms. The van der Waals surface area contributed by atoms with Gasteiger partial charge in [0.2, 0.25) is 5.91 Å². The van der Waals surface area contributed by atoms with Gasteiger partial charge in [0.05, 0.1) is 19.1 Å². The molecule has 3 rings (SSSR count). The average Bonchev–Trinajstić information content (AvgIpc) is 2.73. The number of hydrogen-bond acceptors (Lipinski definition) is 4. The first kappa shape index (κ1) is 26.4. The van der Waals surface area contributed by atoms with Crippen LogP contribution in [0.3, 0.4) is 0 Å². The quantitative estimate of drug-likeness (QED) is 0.630. The van der Waals surface area contributed by atoms with Crippen LogP contribution in [0.1, 0.15) is 24.0 Å². The van der Waals surface area contributed by atoms with E-state index in [0.29, 0.717) is 32.7 Å². The van der Waals surface area contributed by atoms with E-state index in [1.54, 1.807) is 0 Å². The monoisotopic (exact) mass is 453 g/mol. The highest BCUT2D eigenvalue weighted by Crippen LogP contribution is 2.15. The van der Waals surface area contributed by atoms with Crippen LogP contribution in [0.4, 0.5) is 0 Å². The molecule has 1 heterocycles. The first-order valence-corrected chi connectivity index (χ1v) is 10.1. The fourth-order valence-corrected chi connectivity index (χ4v) is 3.59. The SMILES string of the molecule is Cl.Cl.NCCCN(Cc1ccccc1)C(=O)CC1CN(Cc2ccccc2)CCO1. The minimum Gasteiger partial charge on any atom is -0.375 e. The van der Waals surface area contributed by atoms with Gasteiger partial charge in [-0.15, -0.1) is 24.8 Å². The fraction of sp³-hybridized carbons (Fsp3) is 0.435. The van der Waals surface area contributed by atoms with Crippen molar-refractivity contribution in [2.75, 3.05) is 32.8 Å². The van der Waals surface area contributed by atoms with Crippen molar-refractivity contribution in [1.82, 2.24) is 9.80 Å². The van der Waals surface area contributed by atoms with Crippen LogP contribution in [0.5, 0.6) is 0 Å². The van der Waals surface area contributed by atoms with E-state index in [4.69, 9.17) is 10.5 Å². The van der Waals surface area contributed by atoms with E-state index in [2.05, 4.69) is 41.3 Å². The van der Waals surface area contributed by atoms with Crippen LogP contribution in [0.2, 0.25) is 0 Å². The minimum atomic E-state index is -0.0545. The second-order valence-electron chi connectivity index (χ2n) is 7.36. The molecule has 166 valence electrons. The molecule has 1 amide bonds. The molecule has 5 nitrogen and oxygen atoms in total. The Bertz CT molecular complexity index is 719. The fourth-order valence-electron chi connectivity index (χ4n) is 3.59. The van der Waals surface area contributed by atoms with Crippen molar-refractivity contribution in [3.8, 4) is 0 Å². The number of morpholine rings is 1. The molecule has 1 atom stereocenters. The molecule has 1 aliphatic rings. The second-order valence-corrected chi connectivity index (χ2v) is 7.36. The number of hydrogen-bond donors (Lipinski definition) is 1. The molecule has 30 heavy (non-hydrogen) atoms. The smallest absolute Gasteiger partial charge is 0.225 e. The van der Waals surface area contributed by atoms with Crippen LogP contribution < -0.4 is 5.73 Å².